The molecular formula is C10H17N3O. The van der Waals surface area contributed by atoms with Crippen LogP contribution in [0.25, 0.3) is 0 Å². The van der Waals surface area contributed by atoms with Crippen LogP contribution in [0.15, 0.2) is 12.4 Å². The van der Waals surface area contributed by atoms with E-state index in [0.29, 0.717) is 6.04 Å². The van der Waals surface area contributed by atoms with Gasteiger partial charge in [-0.25, -0.2) is 4.98 Å². The van der Waals surface area contributed by atoms with Crippen molar-refractivity contribution in [3.63, 3.8) is 0 Å². The first-order valence-corrected chi connectivity index (χ1v) is 5.11. The van der Waals surface area contributed by atoms with Gasteiger partial charge in [0.05, 0.1) is 12.6 Å². The summed E-state index contributed by atoms with van der Waals surface area (Å²) in [6.45, 7) is 6.42. The van der Waals surface area contributed by atoms with E-state index in [1.54, 1.807) is 0 Å². The van der Waals surface area contributed by atoms with Crippen LogP contribution in [-0.4, -0.2) is 38.8 Å². The molecule has 1 aromatic rings. The molecule has 4 heteroatoms. The van der Waals surface area contributed by atoms with E-state index in [1.807, 2.05) is 12.4 Å². The van der Waals surface area contributed by atoms with Gasteiger partial charge >= 0.3 is 0 Å². The van der Waals surface area contributed by atoms with E-state index in [4.69, 9.17) is 0 Å². The zero-order valence-corrected chi connectivity index (χ0v) is 8.72. The normalized spacial score (nSPS) is 22.7. The van der Waals surface area contributed by atoms with Crippen molar-refractivity contribution in [1.29, 1.82) is 0 Å². The van der Waals surface area contributed by atoms with Crippen LogP contribution in [-0.2, 0) is 6.54 Å². The van der Waals surface area contributed by atoms with Crippen molar-refractivity contribution >= 4 is 0 Å². The lowest BCUT2D eigenvalue weighted by Crippen LogP contribution is -2.43. The highest BCUT2D eigenvalue weighted by atomic mass is 16.3. The molecule has 0 amide bonds. The molecule has 0 spiro atoms. The third kappa shape index (κ3) is 1.44. The molecule has 1 aromatic heterocycles. The zero-order chi connectivity index (χ0) is 10.1. The molecule has 4 nitrogen and oxygen atoms in total. The van der Waals surface area contributed by atoms with Crippen molar-refractivity contribution in [3.05, 3.63) is 18.2 Å². The molecule has 2 rings (SSSR count). The predicted molar refractivity (Wildman–Crippen MR) is 53.9 cm³/mol. The van der Waals surface area contributed by atoms with Gasteiger partial charge in [-0.3, -0.25) is 4.90 Å². The monoisotopic (exact) mass is 195 g/mol. The number of aliphatic hydroxyl groups excluding tert-OH is 1. The second kappa shape index (κ2) is 3.71. The van der Waals surface area contributed by atoms with E-state index in [1.165, 1.54) is 0 Å². The fraction of sp³-hybridized carbons (Fsp3) is 0.700. The molecule has 1 N–H and O–H groups in total. The third-order valence-corrected chi connectivity index (χ3v) is 2.88. The van der Waals surface area contributed by atoms with E-state index < -0.39 is 0 Å². The average molecular weight is 195 g/mol. The van der Waals surface area contributed by atoms with Gasteiger partial charge in [-0.1, -0.05) is 0 Å². The number of hydrogen-bond donors (Lipinski definition) is 1. The topological polar surface area (TPSA) is 41.3 Å². The van der Waals surface area contributed by atoms with E-state index >= 15 is 0 Å². The molecule has 78 valence electrons. The highest BCUT2D eigenvalue weighted by Gasteiger charge is 2.29. The van der Waals surface area contributed by atoms with Gasteiger partial charge < -0.3 is 9.67 Å². The van der Waals surface area contributed by atoms with E-state index in [-0.39, 0.29) is 12.6 Å². The molecule has 0 bridgehead atoms. The van der Waals surface area contributed by atoms with Crippen LogP contribution in [0.4, 0.5) is 0 Å². The number of rotatable bonds is 2. The van der Waals surface area contributed by atoms with Crippen LogP contribution in [0.3, 0.4) is 0 Å². The minimum Gasteiger partial charge on any atom is -0.394 e. The Hall–Kier alpha value is -0.870. The Morgan fingerprint density at radius 2 is 2.36 bits per heavy atom. The standard InChI is InChI=1S/C10H17N3O/c1-8(2)13-6-5-12-4-3-11-10(12)9(13)7-14/h3-4,8-9,14H,5-7H2,1-2H3. The van der Waals surface area contributed by atoms with Crippen molar-refractivity contribution in [2.45, 2.75) is 32.5 Å². The lowest BCUT2D eigenvalue weighted by molar-refractivity contribution is 0.0668. The second-order valence-electron chi connectivity index (χ2n) is 4.01. The van der Waals surface area contributed by atoms with Crippen LogP contribution >= 0.6 is 0 Å². The third-order valence-electron chi connectivity index (χ3n) is 2.88. The van der Waals surface area contributed by atoms with Gasteiger partial charge in [-0.15, -0.1) is 0 Å². The highest BCUT2D eigenvalue weighted by Crippen LogP contribution is 2.25. The predicted octanol–water partition coefficient (Wildman–Crippen LogP) is 0.640. The Balaban J connectivity index is 2.29. The Labute approximate surface area is 84.2 Å². The van der Waals surface area contributed by atoms with Crippen molar-refractivity contribution < 1.29 is 5.11 Å². The number of nitrogens with zero attached hydrogens (tertiary/aromatic N) is 3. The molecule has 1 atom stereocenters. The lowest BCUT2D eigenvalue weighted by Gasteiger charge is -2.37. The molecule has 0 saturated heterocycles. The van der Waals surface area contributed by atoms with Crippen LogP contribution in [0.5, 0.6) is 0 Å². The molecule has 1 aliphatic rings. The first-order valence-electron chi connectivity index (χ1n) is 5.11. The zero-order valence-electron chi connectivity index (χ0n) is 8.72. The summed E-state index contributed by atoms with van der Waals surface area (Å²) in [5.41, 5.74) is 0. The van der Waals surface area contributed by atoms with Crippen molar-refractivity contribution in [3.8, 4) is 0 Å². The summed E-state index contributed by atoms with van der Waals surface area (Å²) in [4.78, 5) is 6.60. The van der Waals surface area contributed by atoms with Gasteiger partial charge in [-0.05, 0) is 13.8 Å². The largest absolute Gasteiger partial charge is 0.394 e. The minimum atomic E-state index is 0.0683. The van der Waals surface area contributed by atoms with Crippen LogP contribution in [0, 0.1) is 0 Å². The summed E-state index contributed by atoms with van der Waals surface area (Å²) in [5.74, 6) is 0.993. The van der Waals surface area contributed by atoms with Crippen molar-refractivity contribution in [1.82, 2.24) is 14.5 Å². The maximum atomic E-state index is 9.38. The molecule has 2 heterocycles. The van der Waals surface area contributed by atoms with Crippen LogP contribution in [0.1, 0.15) is 25.7 Å². The van der Waals surface area contributed by atoms with Gasteiger partial charge in [-0.2, -0.15) is 0 Å². The maximum Gasteiger partial charge on any atom is 0.128 e. The van der Waals surface area contributed by atoms with E-state index in [0.717, 1.165) is 18.9 Å². The fourth-order valence-corrected chi connectivity index (χ4v) is 2.14. The summed E-state index contributed by atoms with van der Waals surface area (Å²) in [6.07, 6.45) is 3.79. The second-order valence-corrected chi connectivity index (χ2v) is 4.01. The SMILES string of the molecule is CC(C)N1CCn2ccnc2C1CO. The number of aromatic nitrogens is 2. The molecule has 1 unspecified atom stereocenters. The molecular weight excluding hydrogens is 178 g/mol. The van der Waals surface area contributed by atoms with E-state index in [2.05, 4.69) is 28.3 Å². The van der Waals surface area contributed by atoms with Crippen molar-refractivity contribution in [2.24, 2.45) is 0 Å². The van der Waals surface area contributed by atoms with E-state index in [9.17, 15) is 5.11 Å². The molecule has 0 fully saturated rings. The highest BCUT2D eigenvalue weighted by molar-refractivity contribution is 5.03. The average Bonchev–Trinajstić information content (AvgIpc) is 2.63. The summed E-state index contributed by atoms with van der Waals surface area (Å²) in [7, 11) is 0. The maximum absolute atomic E-state index is 9.38. The smallest absolute Gasteiger partial charge is 0.128 e. The number of hydrogen-bond acceptors (Lipinski definition) is 3. The van der Waals surface area contributed by atoms with Gasteiger partial charge in [0.25, 0.3) is 0 Å². The number of imidazole rings is 1. The summed E-state index contributed by atoms with van der Waals surface area (Å²) in [5, 5.41) is 9.38. The summed E-state index contributed by atoms with van der Waals surface area (Å²) >= 11 is 0. The van der Waals surface area contributed by atoms with Crippen molar-refractivity contribution in [2.75, 3.05) is 13.2 Å². The van der Waals surface area contributed by atoms with Gasteiger partial charge in [0.2, 0.25) is 0 Å². The number of fused-ring (bicyclic) bond motifs is 1. The molecule has 0 aromatic carbocycles. The summed E-state index contributed by atoms with van der Waals surface area (Å²) < 4.78 is 2.12. The van der Waals surface area contributed by atoms with Gasteiger partial charge in [0, 0.05) is 31.5 Å². The molecule has 0 radical (unpaired) electrons. The van der Waals surface area contributed by atoms with Gasteiger partial charge in [0.15, 0.2) is 0 Å². The first kappa shape index (κ1) is 9.68. The Morgan fingerprint density at radius 1 is 1.57 bits per heavy atom. The van der Waals surface area contributed by atoms with Gasteiger partial charge in [0.1, 0.15) is 5.82 Å². The van der Waals surface area contributed by atoms with Crippen LogP contribution < -0.4 is 0 Å². The quantitative estimate of drug-likeness (QED) is 0.753. The molecule has 14 heavy (non-hydrogen) atoms. The Morgan fingerprint density at radius 3 is 3.00 bits per heavy atom. The lowest BCUT2D eigenvalue weighted by atomic mass is 10.1. The molecule has 0 saturated carbocycles. The molecule has 1 aliphatic heterocycles. The fourth-order valence-electron chi connectivity index (χ4n) is 2.14. The molecule has 0 aliphatic carbocycles. The first-order chi connectivity index (χ1) is 6.74. The number of aliphatic hydroxyl groups is 1. The Bertz CT molecular complexity index is 308. The summed E-state index contributed by atoms with van der Waals surface area (Å²) in [6, 6.07) is 0.524. The Kier molecular flexibility index (Phi) is 2.56. The minimum absolute atomic E-state index is 0.0683. The van der Waals surface area contributed by atoms with Crippen LogP contribution in [0.2, 0.25) is 0 Å².